The van der Waals surface area contributed by atoms with E-state index >= 15 is 0 Å². The lowest BCUT2D eigenvalue weighted by Gasteiger charge is -2.07. The van der Waals surface area contributed by atoms with Crippen LogP contribution in [0.2, 0.25) is 0 Å². The summed E-state index contributed by atoms with van der Waals surface area (Å²) in [5.74, 6) is 0. The summed E-state index contributed by atoms with van der Waals surface area (Å²) in [7, 11) is -4.49. The lowest BCUT2D eigenvalue weighted by Crippen LogP contribution is -2.22. The van der Waals surface area contributed by atoms with Crippen LogP contribution in [0, 0.1) is 0 Å². The summed E-state index contributed by atoms with van der Waals surface area (Å²) >= 11 is 0. The predicted molar refractivity (Wildman–Crippen MR) is 92.7 cm³/mol. The maximum atomic E-state index is 11.5. The van der Waals surface area contributed by atoms with Gasteiger partial charge >= 0.3 is 10.1 Å². The number of benzene rings is 2. The van der Waals surface area contributed by atoms with Gasteiger partial charge in [0.2, 0.25) is 0 Å². The Kier molecular flexibility index (Phi) is 4.41. The van der Waals surface area contributed by atoms with Gasteiger partial charge in [0.1, 0.15) is 0 Å². The molecule has 0 aliphatic rings. The Morgan fingerprint density at radius 2 is 1.75 bits per heavy atom. The Morgan fingerprint density at radius 3 is 2.33 bits per heavy atom. The number of anilines is 1. The molecule has 24 heavy (non-hydrogen) atoms. The van der Waals surface area contributed by atoms with Crippen molar-refractivity contribution < 1.29 is 13.0 Å². The van der Waals surface area contributed by atoms with E-state index in [2.05, 4.69) is 20.5 Å². The third-order valence-electron chi connectivity index (χ3n) is 3.18. The first-order valence-corrected chi connectivity index (χ1v) is 8.44. The number of aromatic amines is 1. The van der Waals surface area contributed by atoms with Crippen molar-refractivity contribution in [3.8, 4) is 11.3 Å². The summed E-state index contributed by atoms with van der Waals surface area (Å²) in [5.41, 5.74) is 2.61. The van der Waals surface area contributed by atoms with E-state index < -0.39 is 15.3 Å². The molecule has 0 bridgehead atoms. The summed E-state index contributed by atoms with van der Waals surface area (Å²) in [5, 5.41) is 8.78. The Labute approximate surface area is 138 Å². The minimum absolute atomic E-state index is 0.384. The van der Waals surface area contributed by atoms with Crippen molar-refractivity contribution in [1.82, 2.24) is 10.2 Å². The largest absolute Gasteiger partial charge is 0.329 e. The van der Waals surface area contributed by atoms with Gasteiger partial charge in [-0.3, -0.25) is 9.65 Å². The van der Waals surface area contributed by atoms with Gasteiger partial charge in [0.25, 0.3) is 5.17 Å². The monoisotopic (exact) mass is 342 g/mol. The van der Waals surface area contributed by atoms with Crippen molar-refractivity contribution in [2.45, 2.75) is 0 Å². The molecule has 3 rings (SSSR count). The highest BCUT2D eigenvalue weighted by atomic mass is 32.2. The zero-order valence-electron chi connectivity index (χ0n) is 12.4. The molecule has 0 saturated heterocycles. The number of nitrogens with one attached hydrogen (secondary N) is 2. The quantitative estimate of drug-likeness (QED) is 0.385. The summed E-state index contributed by atoms with van der Waals surface area (Å²) in [4.78, 5) is 3.99. The average Bonchev–Trinajstić information content (AvgIpc) is 3.09. The molecule has 0 unspecified atom stereocenters. The lowest BCUT2D eigenvalue weighted by molar-refractivity contribution is 0.498. The Hall–Kier alpha value is -2.97. The molecule has 0 spiro atoms. The molecule has 0 amide bonds. The molecule has 0 aliphatic carbocycles. The van der Waals surface area contributed by atoms with Gasteiger partial charge in [0, 0.05) is 11.9 Å². The molecule has 3 aromatic rings. The minimum Gasteiger partial charge on any atom is -0.329 e. The molecule has 2 aromatic carbocycles. The smallest absolute Gasteiger partial charge is 0.328 e. The number of nitrogens with zero attached hydrogens (tertiary/aromatic N) is 2. The van der Waals surface area contributed by atoms with E-state index in [4.69, 9.17) is 0 Å². The zero-order valence-corrected chi connectivity index (χ0v) is 13.2. The van der Waals surface area contributed by atoms with Crippen LogP contribution in [0.1, 0.15) is 0 Å². The van der Waals surface area contributed by atoms with Crippen LogP contribution in [-0.2, 0) is 10.1 Å². The fourth-order valence-electron chi connectivity index (χ4n) is 2.04. The van der Waals surface area contributed by atoms with Crippen molar-refractivity contribution in [3.05, 3.63) is 66.9 Å². The highest BCUT2D eigenvalue weighted by molar-refractivity contribution is 8.01. The molecule has 0 atom stereocenters. The van der Waals surface area contributed by atoms with Crippen LogP contribution in [0.25, 0.3) is 11.3 Å². The molecular formula is C16H14N4O3S. The second kappa shape index (κ2) is 6.65. The van der Waals surface area contributed by atoms with Crippen LogP contribution < -0.4 is 5.32 Å². The third kappa shape index (κ3) is 3.86. The van der Waals surface area contributed by atoms with Crippen molar-refractivity contribution in [2.24, 2.45) is 4.99 Å². The van der Waals surface area contributed by atoms with Gasteiger partial charge in [-0.15, -0.1) is 0 Å². The Balaban J connectivity index is 1.90. The van der Waals surface area contributed by atoms with E-state index in [1.807, 2.05) is 6.07 Å². The van der Waals surface area contributed by atoms with Crippen LogP contribution in [0.15, 0.2) is 71.9 Å². The summed E-state index contributed by atoms with van der Waals surface area (Å²) in [6, 6.07) is 17.3. The van der Waals surface area contributed by atoms with Gasteiger partial charge in [-0.25, -0.2) is 4.99 Å². The maximum absolute atomic E-state index is 11.5. The van der Waals surface area contributed by atoms with E-state index in [0.29, 0.717) is 11.4 Å². The SMILES string of the molecule is O=S(=O)(O)C(=Nc1ccc(-c2ccn[nH]2)cc1)Nc1ccccc1. The van der Waals surface area contributed by atoms with E-state index in [9.17, 15) is 13.0 Å². The molecule has 122 valence electrons. The Bertz CT molecular complexity index is 935. The highest BCUT2D eigenvalue weighted by Gasteiger charge is 2.16. The van der Waals surface area contributed by atoms with Crippen molar-refractivity contribution in [2.75, 3.05) is 5.32 Å². The molecule has 8 heteroatoms. The number of hydrogen-bond acceptors (Lipinski definition) is 4. The van der Waals surface area contributed by atoms with Crippen LogP contribution in [0.4, 0.5) is 11.4 Å². The van der Waals surface area contributed by atoms with E-state index in [1.165, 1.54) is 0 Å². The van der Waals surface area contributed by atoms with E-state index in [0.717, 1.165) is 11.3 Å². The molecule has 0 radical (unpaired) electrons. The molecular weight excluding hydrogens is 328 g/mol. The molecule has 0 aliphatic heterocycles. The van der Waals surface area contributed by atoms with Gasteiger partial charge in [-0.2, -0.15) is 13.5 Å². The number of amidine groups is 1. The third-order valence-corrected chi connectivity index (χ3v) is 3.86. The number of H-pyrrole nitrogens is 1. The number of aliphatic imine (C=N–C) groups is 1. The molecule has 0 saturated carbocycles. The number of aromatic nitrogens is 2. The highest BCUT2D eigenvalue weighted by Crippen LogP contribution is 2.21. The van der Waals surface area contributed by atoms with E-state index in [1.54, 1.807) is 60.8 Å². The van der Waals surface area contributed by atoms with Gasteiger partial charge in [-0.05, 0) is 35.9 Å². The molecule has 3 N–H and O–H groups in total. The molecule has 7 nitrogen and oxygen atoms in total. The number of hydrogen-bond donors (Lipinski definition) is 3. The fraction of sp³-hybridized carbons (Fsp3) is 0. The standard InChI is InChI=1S/C16H14N4O3S/c21-24(22,23)16(18-13-4-2-1-3-5-13)19-14-8-6-12(7-9-14)15-10-11-17-20-15/h1-11H,(H,17,20)(H,18,19)(H,21,22,23). The number of rotatable bonds is 3. The van der Waals surface area contributed by atoms with Crippen LogP contribution in [-0.4, -0.2) is 28.3 Å². The Morgan fingerprint density at radius 1 is 1.04 bits per heavy atom. The van der Waals surface area contributed by atoms with E-state index in [-0.39, 0.29) is 0 Å². The molecule has 0 fully saturated rings. The summed E-state index contributed by atoms with van der Waals surface area (Å²) in [6.07, 6.45) is 1.64. The second-order valence-electron chi connectivity index (χ2n) is 4.90. The lowest BCUT2D eigenvalue weighted by atomic mass is 10.1. The van der Waals surface area contributed by atoms with Gasteiger partial charge in [0.05, 0.1) is 11.4 Å². The summed E-state index contributed by atoms with van der Waals surface area (Å²) < 4.78 is 32.5. The van der Waals surface area contributed by atoms with Gasteiger partial charge in [0.15, 0.2) is 0 Å². The topological polar surface area (TPSA) is 107 Å². The van der Waals surface area contributed by atoms with Gasteiger partial charge < -0.3 is 5.32 Å². The average molecular weight is 342 g/mol. The van der Waals surface area contributed by atoms with Crippen molar-refractivity contribution in [1.29, 1.82) is 0 Å². The first-order chi connectivity index (χ1) is 11.5. The molecule has 1 heterocycles. The van der Waals surface area contributed by atoms with Crippen molar-refractivity contribution >= 4 is 26.7 Å². The normalized spacial score (nSPS) is 12.1. The van der Waals surface area contributed by atoms with Crippen molar-refractivity contribution in [3.63, 3.8) is 0 Å². The second-order valence-corrected chi connectivity index (χ2v) is 6.24. The summed E-state index contributed by atoms with van der Waals surface area (Å²) in [6.45, 7) is 0. The van der Waals surface area contributed by atoms with Gasteiger partial charge in [-0.1, -0.05) is 30.3 Å². The first kappa shape index (κ1) is 15.9. The maximum Gasteiger partial charge on any atom is 0.328 e. The zero-order chi connectivity index (χ0) is 17.0. The minimum atomic E-state index is -4.49. The van der Waals surface area contributed by atoms with Crippen LogP contribution >= 0.6 is 0 Å². The molecule has 1 aromatic heterocycles. The van der Waals surface area contributed by atoms with Crippen LogP contribution in [0.5, 0.6) is 0 Å². The first-order valence-electron chi connectivity index (χ1n) is 7.00. The fourth-order valence-corrected chi connectivity index (χ4v) is 2.51. The predicted octanol–water partition coefficient (Wildman–Crippen LogP) is 3.06. The van der Waals surface area contributed by atoms with Crippen LogP contribution in [0.3, 0.4) is 0 Å². The number of para-hydroxylation sites is 1.